The highest BCUT2D eigenvalue weighted by atomic mass is 28.4. The molecule has 0 amide bonds. The Morgan fingerprint density at radius 1 is 1.07 bits per heavy atom. The second kappa shape index (κ2) is 11.0. The molecule has 2 nitrogen and oxygen atoms in total. The fourth-order valence-corrected chi connectivity index (χ4v) is 3.67. The third kappa shape index (κ3) is 9.83. The first-order valence-corrected chi connectivity index (χ1v) is 14.0. The summed E-state index contributed by atoms with van der Waals surface area (Å²) in [6.45, 7) is 19.4. The summed E-state index contributed by atoms with van der Waals surface area (Å²) >= 11 is 0. The zero-order valence-corrected chi connectivity index (χ0v) is 21.6. The third-order valence-corrected chi connectivity index (χ3v) is 10.1. The molecule has 0 fully saturated rings. The van der Waals surface area contributed by atoms with E-state index in [2.05, 4.69) is 78.6 Å². The molecule has 0 aliphatic carbocycles. The van der Waals surface area contributed by atoms with Gasteiger partial charge in [0, 0.05) is 5.56 Å². The molecule has 0 aromatic heterocycles. The van der Waals surface area contributed by atoms with Crippen LogP contribution in [0.1, 0.15) is 79.7 Å². The van der Waals surface area contributed by atoms with Gasteiger partial charge in [0.25, 0.3) is 0 Å². The molecule has 0 aliphatic heterocycles. The molecule has 0 aliphatic rings. The van der Waals surface area contributed by atoms with Crippen LogP contribution in [-0.2, 0) is 0 Å². The number of allylic oxidation sites excluding steroid dienone is 4. The molecule has 166 valence electrons. The first-order chi connectivity index (χ1) is 13.7. The Kier molecular flexibility index (Phi) is 9.66. The van der Waals surface area contributed by atoms with Gasteiger partial charge in [-0.3, -0.25) is 0 Å². The average molecular weight is 427 g/mol. The van der Waals surface area contributed by atoms with Gasteiger partial charge < -0.3 is 9.53 Å². The second-order valence-corrected chi connectivity index (χ2v) is 15.0. The standard InChI is InChI=1S/C27H42O2Si/c1-22(2)13-10-14-23(3)15-12-19-27(7,28)20-18-24-16-11-17-25(21-24)29-30(8,9)26(4,5)6/h11,13,15-17,21,28H,10,12,14,19H2,1-9H3/b23-15+. The van der Waals surface area contributed by atoms with Gasteiger partial charge in [-0.05, 0) is 89.7 Å². The van der Waals surface area contributed by atoms with E-state index in [0.717, 1.165) is 30.6 Å². The van der Waals surface area contributed by atoms with Crippen molar-refractivity contribution in [1.29, 1.82) is 0 Å². The van der Waals surface area contributed by atoms with Crippen LogP contribution in [0.4, 0.5) is 0 Å². The number of rotatable bonds is 8. The molecule has 1 N–H and O–H groups in total. The largest absolute Gasteiger partial charge is 0.543 e. The van der Waals surface area contributed by atoms with Gasteiger partial charge in [-0.2, -0.15) is 0 Å². The molecular weight excluding hydrogens is 384 g/mol. The fraction of sp³-hybridized carbons (Fsp3) is 0.556. The molecule has 0 bridgehead atoms. The summed E-state index contributed by atoms with van der Waals surface area (Å²) in [5, 5.41) is 10.8. The summed E-state index contributed by atoms with van der Waals surface area (Å²) in [7, 11) is -1.88. The van der Waals surface area contributed by atoms with Gasteiger partial charge in [0.1, 0.15) is 11.4 Å². The van der Waals surface area contributed by atoms with E-state index in [9.17, 15) is 5.11 Å². The summed E-state index contributed by atoms with van der Waals surface area (Å²) in [6.07, 6.45) is 8.09. The van der Waals surface area contributed by atoms with E-state index < -0.39 is 13.9 Å². The first kappa shape index (κ1) is 26.3. The van der Waals surface area contributed by atoms with Gasteiger partial charge in [-0.15, -0.1) is 0 Å². The molecule has 1 atom stereocenters. The summed E-state index contributed by atoms with van der Waals surface area (Å²) in [5.41, 5.74) is 2.60. The molecule has 1 aromatic rings. The summed E-state index contributed by atoms with van der Waals surface area (Å²) in [5.74, 6) is 7.06. The number of benzene rings is 1. The van der Waals surface area contributed by atoms with Crippen LogP contribution >= 0.6 is 0 Å². The van der Waals surface area contributed by atoms with Gasteiger partial charge in [0.15, 0.2) is 0 Å². The van der Waals surface area contributed by atoms with E-state index in [4.69, 9.17) is 4.43 Å². The van der Waals surface area contributed by atoms with E-state index in [-0.39, 0.29) is 5.04 Å². The summed E-state index contributed by atoms with van der Waals surface area (Å²) in [6, 6.07) is 7.91. The maximum absolute atomic E-state index is 10.7. The van der Waals surface area contributed by atoms with Crippen LogP contribution in [0.2, 0.25) is 18.1 Å². The Balaban J connectivity index is 2.73. The minimum absolute atomic E-state index is 0.148. The van der Waals surface area contributed by atoms with Crippen LogP contribution < -0.4 is 4.43 Å². The zero-order chi connectivity index (χ0) is 23.0. The molecule has 0 spiro atoms. The zero-order valence-electron chi connectivity index (χ0n) is 20.6. The van der Waals surface area contributed by atoms with E-state index >= 15 is 0 Å². The van der Waals surface area contributed by atoms with Crippen LogP contribution in [0.25, 0.3) is 0 Å². The molecule has 3 heteroatoms. The minimum Gasteiger partial charge on any atom is -0.543 e. The number of aliphatic hydroxyl groups is 1. The normalized spacial score (nSPS) is 14.4. The molecule has 30 heavy (non-hydrogen) atoms. The predicted octanol–water partition coefficient (Wildman–Crippen LogP) is 7.65. The third-order valence-electron chi connectivity index (χ3n) is 5.70. The van der Waals surface area contributed by atoms with Crippen molar-refractivity contribution in [3.05, 3.63) is 53.1 Å². The van der Waals surface area contributed by atoms with Gasteiger partial charge in [-0.25, -0.2) is 0 Å². The summed E-state index contributed by atoms with van der Waals surface area (Å²) < 4.78 is 6.37. The highest BCUT2D eigenvalue weighted by Gasteiger charge is 2.38. The first-order valence-electron chi connectivity index (χ1n) is 11.1. The highest BCUT2D eigenvalue weighted by Crippen LogP contribution is 2.37. The molecule has 1 aromatic carbocycles. The Hall–Kier alpha value is -1.76. The van der Waals surface area contributed by atoms with Gasteiger partial charge in [0.05, 0.1) is 0 Å². The molecular formula is C27H42O2Si. The van der Waals surface area contributed by atoms with Gasteiger partial charge >= 0.3 is 0 Å². The molecule has 1 unspecified atom stereocenters. The molecule has 0 saturated carbocycles. The van der Waals surface area contributed by atoms with Crippen molar-refractivity contribution in [3.8, 4) is 17.6 Å². The number of hydrogen-bond acceptors (Lipinski definition) is 2. The molecule has 0 radical (unpaired) electrons. The van der Waals surface area contributed by atoms with Crippen LogP contribution in [0.3, 0.4) is 0 Å². The van der Waals surface area contributed by atoms with Crippen LogP contribution in [0.5, 0.6) is 5.75 Å². The molecule has 1 rings (SSSR count). The smallest absolute Gasteiger partial charge is 0.250 e. The fourth-order valence-electron chi connectivity index (χ4n) is 2.64. The number of hydrogen-bond donors (Lipinski definition) is 1. The van der Waals surface area contributed by atoms with Crippen molar-refractivity contribution >= 4 is 8.32 Å². The monoisotopic (exact) mass is 426 g/mol. The van der Waals surface area contributed by atoms with Crippen LogP contribution in [0, 0.1) is 11.8 Å². The van der Waals surface area contributed by atoms with Crippen molar-refractivity contribution in [1.82, 2.24) is 0 Å². The van der Waals surface area contributed by atoms with E-state index in [1.54, 1.807) is 6.92 Å². The Labute approximate surface area is 186 Å². The lowest BCUT2D eigenvalue weighted by atomic mass is 9.98. The minimum atomic E-state index is -1.88. The van der Waals surface area contributed by atoms with E-state index in [0.29, 0.717) is 6.42 Å². The van der Waals surface area contributed by atoms with E-state index in [1.807, 2.05) is 24.3 Å². The van der Waals surface area contributed by atoms with Crippen molar-refractivity contribution in [2.45, 2.75) is 97.9 Å². The SMILES string of the molecule is CC(C)=CCC/C(C)=C/CCC(C)(O)C#Cc1cccc(O[Si](C)(C)C(C)(C)C)c1. The Morgan fingerprint density at radius 3 is 2.33 bits per heavy atom. The van der Waals surface area contributed by atoms with Crippen molar-refractivity contribution in [2.75, 3.05) is 0 Å². The van der Waals surface area contributed by atoms with Gasteiger partial charge in [-0.1, -0.05) is 62.0 Å². The lowest BCUT2D eigenvalue weighted by Crippen LogP contribution is -2.43. The molecule has 0 heterocycles. The van der Waals surface area contributed by atoms with Crippen molar-refractivity contribution < 1.29 is 9.53 Å². The van der Waals surface area contributed by atoms with Crippen LogP contribution in [-0.4, -0.2) is 19.0 Å². The highest BCUT2D eigenvalue weighted by molar-refractivity contribution is 6.74. The molecule has 0 saturated heterocycles. The summed E-state index contributed by atoms with van der Waals surface area (Å²) in [4.78, 5) is 0. The van der Waals surface area contributed by atoms with Crippen LogP contribution in [0.15, 0.2) is 47.6 Å². The lowest BCUT2D eigenvalue weighted by molar-refractivity contribution is 0.113. The topological polar surface area (TPSA) is 29.5 Å². The Morgan fingerprint density at radius 2 is 1.73 bits per heavy atom. The Bertz CT molecular complexity index is 807. The lowest BCUT2D eigenvalue weighted by Gasteiger charge is -2.36. The average Bonchev–Trinajstić information content (AvgIpc) is 2.58. The predicted molar refractivity (Wildman–Crippen MR) is 133 cm³/mol. The second-order valence-electron chi connectivity index (χ2n) is 10.3. The van der Waals surface area contributed by atoms with Gasteiger partial charge in [0.2, 0.25) is 8.32 Å². The maximum Gasteiger partial charge on any atom is 0.250 e. The quantitative estimate of drug-likeness (QED) is 0.263. The van der Waals surface area contributed by atoms with Crippen molar-refractivity contribution in [2.24, 2.45) is 0 Å². The maximum atomic E-state index is 10.7. The van der Waals surface area contributed by atoms with Crippen molar-refractivity contribution in [3.63, 3.8) is 0 Å². The van der Waals surface area contributed by atoms with E-state index in [1.165, 1.54) is 11.1 Å².